The van der Waals surface area contributed by atoms with Crippen LogP contribution in [0.15, 0.2) is 18.2 Å². The highest BCUT2D eigenvalue weighted by Crippen LogP contribution is 2.32. The fourth-order valence-electron chi connectivity index (χ4n) is 1.66. The fraction of sp³-hybridized carbons (Fsp3) is 0.364. The third-order valence-corrected chi connectivity index (χ3v) is 2.80. The number of nitro groups is 1. The first kappa shape index (κ1) is 10.4. The topological polar surface area (TPSA) is 70.2 Å². The highest BCUT2D eigenvalue weighted by atomic mass is 16.6. The molecule has 1 saturated carbocycles. The molecule has 0 aromatic heterocycles. The molecular weight excluding hydrogens is 206 g/mol. The number of benzene rings is 1. The molecule has 1 aliphatic carbocycles. The molecule has 0 amide bonds. The Kier molecular flexibility index (Phi) is 2.49. The molecule has 0 N–H and O–H groups in total. The Balaban J connectivity index is 2.38. The molecular formula is C11H11N3O2. The Morgan fingerprint density at radius 2 is 2.25 bits per heavy atom. The number of anilines is 1. The Morgan fingerprint density at radius 1 is 1.56 bits per heavy atom. The van der Waals surface area contributed by atoms with Crippen LogP contribution in [0.2, 0.25) is 0 Å². The zero-order valence-corrected chi connectivity index (χ0v) is 8.88. The normalized spacial score (nSPS) is 14.2. The number of hydrogen-bond donors (Lipinski definition) is 0. The summed E-state index contributed by atoms with van der Waals surface area (Å²) < 4.78 is 0. The molecule has 5 heteroatoms. The van der Waals surface area contributed by atoms with Crippen LogP contribution < -0.4 is 4.90 Å². The molecule has 2 rings (SSSR count). The van der Waals surface area contributed by atoms with Crippen LogP contribution in [0.5, 0.6) is 0 Å². The molecule has 0 atom stereocenters. The highest BCUT2D eigenvalue weighted by molar-refractivity contribution is 5.60. The maximum atomic E-state index is 10.8. The average molecular weight is 217 g/mol. The molecule has 0 spiro atoms. The summed E-state index contributed by atoms with van der Waals surface area (Å²) in [6.07, 6.45) is 2.26. The summed E-state index contributed by atoms with van der Waals surface area (Å²) in [4.78, 5) is 12.3. The van der Waals surface area contributed by atoms with E-state index in [2.05, 4.69) is 0 Å². The zero-order chi connectivity index (χ0) is 11.7. The SMILES string of the molecule is CN(c1ccc(C#N)c([N+](=O)[O-])c1)C1CC1. The largest absolute Gasteiger partial charge is 0.371 e. The predicted octanol–water partition coefficient (Wildman–Crippen LogP) is 2.07. The number of nitrogens with zero attached hydrogens (tertiary/aromatic N) is 3. The van der Waals surface area contributed by atoms with E-state index in [9.17, 15) is 10.1 Å². The van der Waals surface area contributed by atoms with Crippen molar-refractivity contribution in [3.63, 3.8) is 0 Å². The molecule has 1 aromatic carbocycles. The molecule has 82 valence electrons. The van der Waals surface area contributed by atoms with Crippen LogP contribution >= 0.6 is 0 Å². The van der Waals surface area contributed by atoms with Crippen molar-refractivity contribution in [3.05, 3.63) is 33.9 Å². The van der Waals surface area contributed by atoms with Gasteiger partial charge in [-0.3, -0.25) is 10.1 Å². The van der Waals surface area contributed by atoms with Gasteiger partial charge < -0.3 is 4.90 Å². The number of nitriles is 1. The van der Waals surface area contributed by atoms with Gasteiger partial charge in [-0.1, -0.05) is 0 Å². The minimum atomic E-state index is -0.511. The van der Waals surface area contributed by atoms with Crippen molar-refractivity contribution in [3.8, 4) is 6.07 Å². The van der Waals surface area contributed by atoms with E-state index >= 15 is 0 Å². The van der Waals surface area contributed by atoms with Crippen LogP contribution in [-0.2, 0) is 0 Å². The smallest absolute Gasteiger partial charge is 0.289 e. The van der Waals surface area contributed by atoms with Crippen LogP contribution in [0.3, 0.4) is 0 Å². The number of nitro benzene ring substituents is 1. The lowest BCUT2D eigenvalue weighted by atomic mass is 10.1. The molecule has 0 bridgehead atoms. The highest BCUT2D eigenvalue weighted by Gasteiger charge is 2.27. The van der Waals surface area contributed by atoms with E-state index in [1.54, 1.807) is 6.07 Å². The van der Waals surface area contributed by atoms with Gasteiger partial charge in [0.15, 0.2) is 0 Å². The maximum Gasteiger partial charge on any atom is 0.289 e. The fourth-order valence-corrected chi connectivity index (χ4v) is 1.66. The summed E-state index contributed by atoms with van der Waals surface area (Å²) in [5.74, 6) is 0. The Morgan fingerprint density at radius 3 is 2.75 bits per heavy atom. The first-order valence-corrected chi connectivity index (χ1v) is 5.05. The van der Waals surface area contributed by atoms with Gasteiger partial charge >= 0.3 is 0 Å². The number of rotatable bonds is 3. The van der Waals surface area contributed by atoms with E-state index < -0.39 is 4.92 Å². The predicted molar refractivity (Wildman–Crippen MR) is 59.2 cm³/mol. The van der Waals surface area contributed by atoms with Crippen molar-refractivity contribution in [2.45, 2.75) is 18.9 Å². The first-order chi connectivity index (χ1) is 7.63. The second-order valence-electron chi connectivity index (χ2n) is 3.91. The molecule has 0 aliphatic heterocycles. The molecule has 5 nitrogen and oxygen atoms in total. The summed E-state index contributed by atoms with van der Waals surface area (Å²) >= 11 is 0. The van der Waals surface area contributed by atoms with Gasteiger partial charge in [0.1, 0.15) is 11.6 Å². The molecule has 1 fully saturated rings. The Bertz CT molecular complexity index is 475. The minimum Gasteiger partial charge on any atom is -0.371 e. The van der Waals surface area contributed by atoms with Crippen molar-refractivity contribution >= 4 is 11.4 Å². The van der Waals surface area contributed by atoms with Gasteiger partial charge in [0.2, 0.25) is 0 Å². The lowest BCUT2D eigenvalue weighted by molar-refractivity contribution is -0.385. The summed E-state index contributed by atoms with van der Waals surface area (Å²) in [5, 5.41) is 19.5. The molecule has 0 radical (unpaired) electrons. The molecule has 0 heterocycles. The first-order valence-electron chi connectivity index (χ1n) is 5.05. The lowest BCUT2D eigenvalue weighted by Crippen LogP contribution is -2.19. The van der Waals surface area contributed by atoms with E-state index in [4.69, 9.17) is 5.26 Å². The van der Waals surface area contributed by atoms with Crippen molar-refractivity contribution in [1.29, 1.82) is 5.26 Å². The van der Waals surface area contributed by atoms with Crippen molar-refractivity contribution in [1.82, 2.24) is 0 Å². The van der Waals surface area contributed by atoms with Gasteiger partial charge in [-0.25, -0.2) is 0 Å². The van der Waals surface area contributed by atoms with Crippen molar-refractivity contribution < 1.29 is 4.92 Å². The van der Waals surface area contributed by atoms with Crippen molar-refractivity contribution in [2.24, 2.45) is 0 Å². The minimum absolute atomic E-state index is 0.109. The van der Waals surface area contributed by atoms with Crippen molar-refractivity contribution in [2.75, 3.05) is 11.9 Å². The second kappa shape index (κ2) is 3.81. The standard InChI is InChI=1S/C11H11N3O2/c1-13(9-4-5-9)10-3-2-8(7-12)11(6-10)14(15)16/h2-3,6,9H,4-5H2,1H3. The van der Waals surface area contributed by atoms with Crippen LogP contribution in [0.25, 0.3) is 0 Å². The molecule has 1 aromatic rings. The van der Waals surface area contributed by atoms with Gasteiger partial charge in [0.25, 0.3) is 5.69 Å². The quantitative estimate of drug-likeness (QED) is 0.574. The summed E-state index contributed by atoms with van der Waals surface area (Å²) in [6, 6.07) is 7.05. The van der Waals surface area contributed by atoms with E-state index in [1.807, 2.05) is 18.0 Å². The van der Waals surface area contributed by atoms with Gasteiger partial charge in [-0.2, -0.15) is 5.26 Å². The Hall–Kier alpha value is -2.09. The van der Waals surface area contributed by atoms with E-state index in [0.29, 0.717) is 6.04 Å². The molecule has 0 unspecified atom stereocenters. The molecule has 1 aliphatic rings. The monoisotopic (exact) mass is 217 g/mol. The van der Waals surface area contributed by atoms with E-state index in [0.717, 1.165) is 18.5 Å². The van der Waals surface area contributed by atoms with Gasteiger partial charge in [0.05, 0.1) is 4.92 Å². The van der Waals surface area contributed by atoms with E-state index in [1.165, 1.54) is 12.1 Å². The van der Waals surface area contributed by atoms with Crippen LogP contribution in [-0.4, -0.2) is 18.0 Å². The Labute approximate surface area is 93.1 Å². The number of hydrogen-bond acceptors (Lipinski definition) is 4. The van der Waals surface area contributed by atoms with Gasteiger partial charge in [0, 0.05) is 24.8 Å². The summed E-state index contributed by atoms with van der Waals surface area (Å²) in [5.41, 5.74) is 0.790. The van der Waals surface area contributed by atoms with Crippen LogP contribution in [0.4, 0.5) is 11.4 Å². The third kappa shape index (κ3) is 1.82. The zero-order valence-electron chi connectivity index (χ0n) is 8.88. The lowest BCUT2D eigenvalue weighted by Gasteiger charge is -2.18. The van der Waals surface area contributed by atoms with Gasteiger partial charge in [-0.05, 0) is 25.0 Å². The summed E-state index contributed by atoms with van der Waals surface area (Å²) in [6.45, 7) is 0. The molecule has 0 saturated heterocycles. The molecule has 16 heavy (non-hydrogen) atoms. The van der Waals surface area contributed by atoms with Crippen LogP contribution in [0.1, 0.15) is 18.4 Å². The third-order valence-electron chi connectivity index (χ3n) is 2.80. The average Bonchev–Trinajstić information content (AvgIpc) is 3.11. The van der Waals surface area contributed by atoms with Gasteiger partial charge in [-0.15, -0.1) is 0 Å². The van der Waals surface area contributed by atoms with E-state index in [-0.39, 0.29) is 11.3 Å². The van der Waals surface area contributed by atoms with Crippen LogP contribution in [0, 0.1) is 21.4 Å². The maximum absolute atomic E-state index is 10.8. The summed E-state index contributed by atoms with van der Waals surface area (Å²) in [7, 11) is 1.92. The second-order valence-corrected chi connectivity index (χ2v) is 3.91.